The SMILES string of the molecule is C/C=C/C1CCC2CC(c3cc(F)c(-c4ccc(F)cc4)c(F)c3)CCC2C1. The number of rotatable bonds is 3. The van der Waals surface area contributed by atoms with Crippen molar-refractivity contribution < 1.29 is 13.2 Å². The van der Waals surface area contributed by atoms with Gasteiger partial charge in [-0.3, -0.25) is 0 Å². The summed E-state index contributed by atoms with van der Waals surface area (Å²) in [5, 5.41) is 0. The molecule has 2 aliphatic rings. The monoisotopic (exact) mass is 384 g/mol. The first-order valence-electron chi connectivity index (χ1n) is 10.4. The minimum absolute atomic E-state index is 0.0655. The standard InChI is InChI=1S/C25H27F3/c1-2-3-16-4-5-19-13-20(7-6-18(19)12-16)21-14-23(27)25(24(28)15-21)17-8-10-22(26)11-9-17/h2-3,8-11,14-16,18-20H,4-7,12-13H2,1H3/b3-2+. The van der Waals surface area contributed by atoms with E-state index in [0.717, 1.165) is 30.7 Å². The Hall–Kier alpha value is -2.03. The van der Waals surface area contributed by atoms with Crippen LogP contribution in [-0.2, 0) is 0 Å². The van der Waals surface area contributed by atoms with E-state index in [-0.39, 0.29) is 11.5 Å². The van der Waals surface area contributed by atoms with E-state index in [4.69, 9.17) is 0 Å². The van der Waals surface area contributed by atoms with Crippen molar-refractivity contribution in [3.8, 4) is 11.1 Å². The van der Waals surface area contributed by atoms with Crippen molar-refractivity contribution in [2.45, 2.75) is 51.4 Å². The van der Waals surface area contributed by atoms with Crippen molar-refractivity contribution in [3.63, 3.8) is 0 Å². The first kappa shape index (κ1) is 19.3. The second-order valence-corrected chi connectivity index (χ2v) is 8.50. The summed E-state index contributed by atoms with van der Waals surface area (Å²) in [6.45, 7) is 2.09. The second-order valence-electron chi connectivity index (χ2n) is 8.50. The Labute approximate surface area is 165 Å². The van der Waals surface area contributed by atoms with E-state index in [0.29, 0.717) is 17.4 Å². The predicted octanol–water partition coefficient (Wildman–Crippen LogP) is 7.65. The average Bonchev–Trinajstić information content (AvgIpc) is 2.68. The number of fused-ring (bicyclic) bond motifs is 1. The molecule has 0 heterocycles. The molecule has 0 aromatic heterocycles. The Morgan fingerprint density at radius 3 is 2.14 bits per heavy atom. The highest BCUT2D eigenvalue weighted by atomic mass is 19.1. The molecule has 0 spiro atoms. The smallest absolute Gasteiger partial charge is 0.134 e. The first-order valence-corrected chi connectivity index (χ1v) is 10.4. The Kier molecular flexibility index (Phi) is 5.61. The molecule has 0 aliphatic heterocycles. The molecule has 2 aromatic rings. The first-order chi connectivity index (χ1) is 13.5. The molecule has 4 unspecified atom stereocenters. The van der Waals surface area contributed by atoms with Crippen LogP contribution in [0.5, 0.6) is 0 Å². The van der Waals surface area contributed by atoms with E-state index in [1.807, 2.05) is 0 Å². The molecule has 148 valence electrons. The molecule has 3 heteroatoms. The van der Waals surface area contributed by atoms with Crippen LogP contribution >= 0.6 is 0 Å². The van der Waals surface area contributed by atoms with Gasteiger partial charge in [0.1, 0.15) is 17.5 Å². The van der Waals surface area contributed by atoms with Crippen LogP contribution in [0.2, 0.25) is 0 Å². The number of benzene rings is 2. The summed E-state index contributed by atoms with van der Waals surface area (Å²) >= 11 is 0. The van der Waals surface area contributed by atoms with Gasteiger partial charge in [-0.05, 0) is 105 Å². The highest BCUT2D eigenvalue weighted by molar-refractivity contribution is 5.65. The van der Waals surface area contributed by atoms with Crippen molar-refractivity contribution in [3.05, 3.63) is 71.6 Å². The van der Waals surface area contributed by atoms with E-state index >= 15 is 0 Å². The van der Waals surface area contributed by atoms with Crippen molar-refractivity contribution >= 4 is 0 Å². The van der Waals surface area contributed by atoms with Gasteiger partial charge in [-0.25, -0.2) is 13.2 Å². The molecule has 0 saturated heterocycles. The average molecular weight is 384 g/mol. The van der Waals surface area contributed by atoms with Gasteiger partial charge in [0.15, 0.2) is 0 Å². The minimum Gasteiger partial charge on any atom is -0.207 e. The van der Waals surface area contributed by atoms with Gasteiger partial charge in [0.2, 0.25) is 0 Å². The van der Waals surface area contributed by atoms with Gasteiger partial charge in [-0.15, -0.1) is 0 Å². The van der Waals surface area contributed by atoms with Crippen molar-refractivity contribution in [2.75, 3.05) is 0 Å². The highest BCUT2D eigenvalue weighted by Crippen LogP contribution is 2.48. The molecule has 0 radical (unpaired) electrons. The zero-order valence-corrected chi connectivity index (χ0v) is 16.3. The molecule has 0 nitrogen and oxygen atoms in total. The van der Waals surface area contributed by atoms with E-state index in [1.165, 1.54) is 55.7 Å². The lowest BCUT2D eigenvalue weighted by Crippen LogP contribution is -2.30. The van der Waals surface area contributed by atoms with Gasteiger partial charge in [-0.2, -0.15) is 0 Å². The number of hydrogen-bond donors (Lipinski definition) is 0. The van der Waals surface area contributed by atoms with Crippen LogP contribution < -0.4 is 0 Å². The van der Waals surface area contributed by atoms with Crippen LogP contribution in [0.3, 0.4) is 0 Å². The lowest BCUT2D eigenvalue weighted by atomic mass is 9.64. The summed E-state index contributed by atoms with van der Waals surface area (Å²) < 4.78 is 42.7. The summed E-state index contributed by atoms with van der Waals surface area (Å²) in [6.07, 6.45) is 11.4. The van der Waals surface area contributed by atoms with E-state index in [2.05, 4.69) is 19.1 Å². The fourth-order valence-electron chi connectivity index (χ4n) is 5.40. The van der Waals surface area contributed by atoms with Crippen LogP contribution in [0.1, 0.15) is 56.9 Å². The fraction of sp³-hybridized carbons (Fsp3) is 0.440. The minimum atomic E-state index is -0.555. The maximum atomic E-state index is 14.8. The molecule has 28 heavy (non-hydrogen) atoms. The number of allylic oxidation sites excluding steroid dienone is 2. The van der Waals surface area contributed by atoms with Crippen molar-refractivity contribution in [2.24, 2.45) is 17.8 Å². The van der Waals surface area contributed by atoms with Crippen LogP contribution in [-0.4, -0.2) is 0 Å². The zero-order chi connectivity index (χ0) is 19.7. The maximum Gasteiger partial charge on any atom is 0.134 e. The van der Waals surface area contributed by atoms with Gasteiger partial charge in [0.25, 0.3) is 0 Å². The van der Waals surface area contributed by atoms with Gasteiger partial charge >= 0.3 is 0 Å². The lowest BCUT2D eigenvalue weighted by molar-refractivity contribution is 0.133. The third-order valence-corrected chi connectivity index (χ3v) is 6.79. The molecule has 4 rings (SSSR count). The van der Waals surface area contributed by atoms with E-state index in [1.54, 1.807) is 0 Å². The maximum absolute atomic E-state index is 14.8. The van der Waals surface area contributed by atoms with Gasteiger partial charge in [-0.1, -0.05) is 24.3 Å². The van der Waals surface area contributed by atoms with Gasteiger partial charge < -0.3 is 0 Å². The van der Waals surface area contributed by atoms with Gasteiger partial charge in [0.05, 0.1) is 5.56 Å². The van der Waals surface area contributed by atoms with Crippen LogP contribution in [0.25, 0.3) is 11.1 Å². The molecule has 2 aromatic carbocycles. The normalized spacial score (nSPS) is 27.7. The van der Waals surface area contributed by atoms with Crippen LogP contribution in [0.4, 0.5) is 13.2 Å². The Morgan fingerprint density at radius 2 is 1.46 bits per heavy atom. The summed E-state index contributed by atoms with van der Waals surface area (Å²) in [5.74, 6) is 0.823. The summed E-state index contributed by atoms with van der Waals surface area (Å²) in [7, 11) is 0. The molecule has 4 atom stereocenters. The van der Waals surface area contributed by atoms with E-state index < -0.39 is 17.5 Å². The largest absolute Gasteiger partial charge is 0.207 e. The molecule has 0 N–H and O–H groups in total. The quantitative estimate of drug-likeness (QED) is 0.477. The van der Waals surface area contributed by atoms with Gasteiger partial charge in [0, 0.05) is 0 Å². The zero-order valence-electron chi connectivity index (χ0n) is 16.3. The molecular weight excluding hydrogens is 357 g/mol. The summed E-state index contributed by atoms with van der Waals surface area (Å²) in [4.78, 5) is 0. The van der Waals surface area contributed by atoms with Crippen molar-refractivity contribution in [1.82, 2.24) is 0 Å². The van der Waals surface area contributed by atoms with Crippen LogP contribution in [0, 0.1) is 35.2 Å². The highest BCUT2D eigenvalue weighted by Gasteiger charge is 2.35. The van der Waals surface area contributed by atoms with Crippen LogP contribution in [0.15, 0.2) is 48.6 Å². The summed E-state index contributed by atoms with van der Waals surface area (Å²) in [5.41, 5.74) is 1.08. The Balaban J connectivity index is 1.52. The Bertz CT molecular complexity index is 830. The topological polar surface area (TPSA) is 0 Å². The number of halogens is 3. The third kappa shape index (κ3) is 3.90. The summed E-state index contributed by atoms with van der Waals surface area (Å²) in [6, 6.07) is 8.30. The molecular formula is C25H27F3. The lowest BCUT2D eigenvalue weighted by Gasteiger charge is -2.42. The second kappa shape index (κ2) is 8.14. The van der Waals surface area contributed by atoms with Crippen molar-refractivity contribution in [1.29, 1.82) is 0 Å². The predicted molar refractivity (Wildman–Crippen MR) is 107 cm³/mol. The fourth-order valence-corrected chi connectivity index (χ4v) is 5.40. The molecule has 0 bridgehead atoms. The molecule has 2 aliphatic carbocycles. The third-order valence-electron chi connectivity index (χ3n) is 6.79. The number of hydrogen-bond acceptors (Lipinski definition) is 0. The Morgan fingerprint density at radius 1 is 0.821 bits per heavy atom. The molecule has 0 amide bonds. The van der Waals surface area contributed by atoms with E-state index in [9.17, 15) is 13.2 Å². The molecule has 2 saturated carbocycles. The molecule has 2 fully saturated rings.